The molecule has 3 rings (SSSR count). The fourth-order valence-corrected chi connectivity index (χ4v) is 4.28. The lowest BCUT2D eigenvalue weighted by Crippen LogP contribution is -2.03. The lowest BCUT2D eigenvalue weighted by Gasteiger charge is -2.24. The molecule has 0 aliphatic rings. The number of hydrogen-bond acceptors (Lipinski definition) is 2. The van der Waals surface area contributed by atoms with E-state index in [2.05, 4.69) is 39.8 Å². The summed E-state index contributed by atoms with van der Waals surface area (Å²) in [6.07, 6.45) is 3.38. The molecule has 146 valence electrons. The Hall–Kier alpha value is -2.74. The average Bonchev–Trinajstić information content (AvgIpc) is 2.72. The molecular weight excluding hydrogens is 344 g/mol. The standard InChI is InChI=1S/C26H30O2/c1-5-17-14-21(27)15-18(6-2)24(17)26-19(7-3)16-23(28)25(22(26)8-4)20-12-10-9-11-13-20/h9-16,27-28H,5-8H2,1-4H3. The summed E-state index contributed by atoms with van der Waals surface area (Å²) >= 11 is 0. The third kappa shape index (κ3) is 3.52. The van der Waals surface area contributed by atoms with Crippen LogP contribution in [0.25, 0.3) is 22.3 Å². The van der Waals surface area contributed by atoms with Crippen LogP contribution in [0.5, 0.6) is 11.5 Å². The molecule has 3 aromatic carbocycles. The molecule has 0 atom stereocenters. The smallest absolute Gasteiger partial charge is 0.123 e. The molecule has 2 N–H and O–H groups in total. The summed E-state index contributed by atoms with van der Waals surface area (Å²) in [4.78, 5) is 0. The number of benzene rings is 3. The minimum Gasteiger partial charge on any atom is -0.508 e. The van der Waals surface area contributed by atoms with Crippen molar-refractivity contribution >= 4 is 0 Å². The molecule has 0 unspecified atom stereocenters. The number of hydrogen-bond donors (Lipinski definition) is 2. The first-order valence-corrected chi connectivity index (χ1v) is 10.3. The zero-order valence-corrected chi connectivity index (χ0v) is 17.3. The Morgan fingerprint density at radius 3 is 1.64 bits per heavy atom. The zero-order valence-electron chi connectivity index (χ0n) is 17.3. The SMILES string of the molecule is CCc1cc(O)cc(CC)c1-c1c(CC)cc(O)c(-c2ccccc2)c1CC. The monoisotopic (exact) mass is 374 g/mol. The molecule has 0 aromatic heterocycles. The number of aryl methyl sites for hydroxylation is 3. The van der Waals surface area contributed by atoms with Crippen LogP contribution in [0.3, 0.4) is 0 Å². The fourth-order valence-electron chi connectivity index (χ4n) is 4.28. The van der Waals surface area contributed by atoms with Crippen molar-refractivity contribution < 1.29 is 10.2 Å². The highest BCUT2D eigenvalue weighted by Gasteiger charge is 2.22. The van der Waals surface area contributed by atoms with Gasteiger partial charge in [0.15, 0.2) is 0 Å². The second-order valence-electron chi connectivity index (χ2n) is 7.20. The van der Waals surface area contributed by atoms with Crippen molar-refractivity contribution in [1.29, 1.82) is 0 Å². The molecule has 0 bridgehead atoms. The predicted octanol–water partition coefficient (Wildman–Crippen LogP) is 6.68. The minimum atomic E-state index is 0.329. The first-order chi connectivity index (χ1) is 13.5. The Balaban J connectivity index is 2.45. The molecule has 2 nitrogen and oxygen atoms in total. The van der Waals surface area contributed by atoms with E-state index in [4.69, 9.17) is 0 Å². The van der Waals surface area contributed by atoms with Crippen molar-refractivity contribution in [2.24, 2.45) is 0 Å². The molecule has 28 heavy (non-hydrogen) atoms. The maximum absolute atomic E-state index is 10.9. The van der Waals surface area contributed by atoms with Gasteiger partial charge in [0.1, 0.15) is 11.5 Å². The highest BCUT2D eigenvalue weighted by molar-refractivity contribution is 5.87. The lowest BCUT2D eigenvalue weighted by molar-refractivity contribution is 0.473. The third-order valence-corrected chi connectivity index (χ3v) is 5.59. The van der Waals surface area contributed by atoms with Crippen LogP contribution in [0.1, 0.15) is 49.9 Å². The Morgan fingerprint density at radius 2 is 1.14 bits per heavy atom. The summed E-state index contributed by atoms with van der Waals surface area (Å²) in [5, 5.41) is 21.1. The minimum absolute atomic E-state index is 0.329. The normalized spacial score (nSPS) is 11.0. The topological polar surface area (TPSA) is 40.5 Å². The Labute approximate surface area is 168 Å². The Kier molecular flexibility index (Phi) is 6.08. The molecule has 0 amide bonds. The van der Waals surface area contributed by atoms with Crippen LogP contribution in [0.2, 0.25) is 0 Å². The quantitative estimate of drug-likeness (QED) is 0.505. The highest BCUT2D eigenvalue weighted by atomic mass is 16.3. The molecular formula is C26H30O2. The number of phenols is 2. The summed E-state index contributed by atoms with van der Waals surface area (Å²) in [6.45, 7) is 8.56. The Bertz CT molecular complexity index is 946. The summed E-state index contributed by atoms with van der Waals surface area (Å²) in [5.74, 6) is 0.675. The largest absolute Gasteiger partial charge is 0.508 e. The fraction of sp³-hybridized carbons (Fsp3) is 0.308. The van der Waals surface area contributed by atoms with E-state index in [9.17, 15) is 10.2 Å². The molecule has 0 spiro atoms. The van der Waals surface area contributed by atoms with Gasteiger partial charge in [0.25, 0.3) is 0 Å². The van der Waals surface area contributed by atoms with E-state index >= 15 is 0 Å². The second-order valence-corrected chi connectivity index (χ2v) is 7.20. The molecule has 2 heteroatoms. The van der Waals surface area contributed by atoms with E-state index in [1.165, 1.54) is 16.7 Å². The van der Waals surface area contributed by atoms with Gasteiger partial charge in [-0.2, -0.15) is 0 Å². The van der Waals surface area contributed by atoms with Crippen molar-refractivity contribution in [3.05, 3.63) is 70.8 Å². The summed E-state index contributed by atoms with van der Waals surface area (Å²) < 4.78 is 0. The van der Waals surface area contributed by atoms with Gasteiger partial charge in [0, 0.05) is 5.56 Å². The molecule has 0 fully saturated rings. The molecule has 0 aliphatic heterocycles. The van der Waals surface area contributed by atoms with E-state index in [-0.39, 0.29) is 0 Å². The first kappa shape index (κ1) is 20.0. The van der Waals surface area contributed by atoms with Crippen molar-refractivity contribution in [2.75, 3.05) is 0 Å². The molecule has 0 heterocycles. The van der Waals surface area contributed by atoms with Gasteiger partial charge < -0.3 is 10.2 Å². The molecule has 0 saturated heterocycles. The zero-order chi connectivity index (χ0) is 20.3. The van der Waals surface area contributed by atoms with Crippen LogP contribution in [0, 0.1) is 0 Å². The number of aromatic hydroxyl groups is 2. The van der Waals surface area contributed by atoms with Gasteiger partial charge in [0.05, 0.1) is 0 Å². The first-order valence-electron chi connectivity index (χ1n) is 10.3. The lowest BCUT2D eigenvalue weighted by atomic mass is 9.81. The van der Waals surface area contributed by atoms with Crippen molar-refractivity contribution in [3.63, 3.8) is 0 Å². The maximum Gasteiger partial charge on any atom is 0.123 e. The van der Waals surface area contributed by atoms with Crippen LogP contribution >= 0.6 is 0 Å². The van der Waals surface area contributed by atoms with Gasteiger partial charge in [-0.1, -0.05) is 58.0 Å². The van der Waals surface area contributed by atoms with Crippen molar-refractivity contribution in [3.8, 4) is 33.8 Å². The van der Waals surface area contributed by atoms with E-state index in [0.717, 1.165) is 53.5 Å². The third-order valence-electron chi connectivity index (χ3n) is 5.59. The van der Waals surface area contributed by atoms with E-state index in [0.29, 0.717) is 11.5 Å². The highest BCUT2D eigenvalue weighted by Crippen LogP contribution is 2.44. The number of rotatable bonds is 6. The van der Waals surface area contributed by atoms with Crippen molar-refractivity contribution in [2.45, 2.75) is 53.4 Å². The van der Waals surface area contributed by atoms with Crippen LogP contribution in [-0.2, 0) is 25.7 Å². The predicted molar refractivity (Wildman–Crippen MR) is 118 cm³/mol. The maximum atomic E-state index is 10.9. The molecule has 0 aliphatic carbocycles. The van der Waals surface area contributed by atoms with Gasteiger partial charge in [-0.05, 0) is 82.8 Å². The van der Waals surface area contributed by atoms with Crippen LogP contribution in [0.15, 0.2) is 48.5 Å². The van der Waals surface area contributed by atoms with Crippen LogP contribution in [-0.4, -0.2) is 10.2 Å². The Morgan fingerprint density at radius 1 is 0.607 bits per heavy atom. The van der Waals surface area contributed by atoms with Gasteiger partial charge in [-0.3, -0.25) is 0 Å². The summed E-state index contributed by atoms with van der Waals surface area (Å²) in [5.41, 5.74) is 9.08. The van der Waals surface area contributed by atoms with Crippen LogP contribution < -0.4 is 0 Å². The molecule has 0 radical (unpaired) electrons. The van der Waals surface area contributed by atoms with Gasteiger partial charge >= 0.3 is 0 Å². The molecule has 0 saturated carbocycles. The van der Waals surface area contributed by atoms with Crippen LogP contribution in [0.4, 0.5) is 0 Å². The van der Waals surface area contributed by atoms with Crippen molar-refractivity contribution in [1.82, 2.24) is 0 Å². The van der Waals surface area contributed by atoms with Gasteiger partial charge in [0.2, 0.25) is 0 Å². The van der Waals surface area contributed by atoms with E-state index < -0.39 is 0 Å². The van der Waals surface area contributed by atoms with Gasteiger partial charge in [-0.25, -0.2) is 0 Å². The summed E-state index contributed by atoms with van der Waals surface area (Å²) in [6, 6.07) is 15.9. The average molecular weight is 375 g/mol. The van der Waals surface area contributed by atoms with Gasteiger partial charge in [-0.15, -0.1) is 0 Å². The summed E-state index contributed by atoms with van der Waals surface area (Å²) in [7, 11) is 0. The van der Waals surface area contributed by atoms with E-state index in [1.54, 1.807) is 0 Å². The second kappa shape index (κ2) is 8.52. The molecule has 3 aromatic rings. The van der Waals surface area contributed by atoms with E-state index in [1.807, 2.05) is 36.4 Å². The number of phenolic OH excluding ortho intramolecular Hbond substituents is 2.